The molecular weight excluding hydrogens is 467 g/mol. The monoisotopic (exact) mass is 492 g/mol. The predicted molar refractivity (Wildman–Crippen MR) is 137 cm³/mol. The van der Waals surface area contributed by atoms with Gasteiger partial charge in [0.25, 0.3) is 5.56 Å². The number of rotatable bonds is 5. The van der Waals surface area contributed by atoms with Crippen molar-refractivity contribution in [1.29, 1.82) is 0 Å². The molecule has 1 aliphatic carbocycles. The van der Waals surface area contributed by atoms with E-state index in [0.717, 1.165) is 36.0 Å². The van der Waals surface area contributed by atoms with Crippen molar-refractivity contribution in [1.82, 2.24) is 9.55 Å². The largest absolute Gasteiger partial charge is 0.293 e. The van der Waals surface area contributed by atoms with Crippen LogP contribution in [-0.2, 0) is 12.8 Å². The Hall–Kier alpha value is -2.77. The molecule has 7 heteroatoms. The van der Waals surface area contributed by atoms with E-state index in [1.165, 1.54) is 27.3 Å². The number of para-hydroxylation sites is 1. The number of Topliss-reactive ketones (excluding diaryl/α,β-unsaturated/α-hetero) is 1. The number of ketones is 1. The van der Waals surface area contributed by atoms with Crippen molar-refractivity contribution in [3.63, 3.8) is 0 Å². The Bertz CT molecular complexity index is 1490. The van der Waals surface area contributed by atoms with Gasteiger partial charge in [0.1, 0.15) is 10.6 Å². The molecule has 2 aromatic carbocycles. The number of carbonyl (C=O) groups is 1. The van der Waals surface area contributed by atoms with Gasteiger partial charge in [-0.3, -0.25) is 14.2 Å². The van der Waals surface area contributed by atoms with Gasteiger partial charge in [-0.2, -0.15) is 0 Å². The zero-order valence-electron chi connectivity index (χ0n) is 19.4. The highest BCUT2D eigenvalue weighted by atomic mass is 32.2. The van der Waals surface area contributed by atoms with Crippen molar-refractivity contribution in [2.24, 2.45) is 5.92 Å². The molecule has 0 N–H and O–H groups in total. The SMILES string of the molecule is Cc1ccc(C)c(C(=O)CSc2nc3sc4c(c3c(=O)n2-c2ccccc2F)CCC(C)C4)c1. The molecule has 0 fully saturated rings. The highest BCUT2D eigenvalue weighted by molar-refractivity contribution is 7.99. The number of carbonyl (C=O) groups excluding carboxylic acids is 1. The zero-order valence-corrected chi connectivity index (χ0v) is 21.0. The molecule has 34 heavy (non-hydrogen) atoms. The molecular formula is C27H25FN2O2S2. The molecule has 0 radical (unpaired) electrons. The molecule has 174 valence electrons. The molecule has 4 aromatic rings. The summed E-state index contributed by atoms with van der Waals surface area (Å²) in [5, 5.41) is 0.938. The van der Waals surface area contributed by atoms with Crippen LogP contribution in [-0.4, -0.2) is 21.1 Å². The minimum atomic E-state index is -0.494. The van der Waals surface area contributed by atoms with Crippen molar-refractivity contribution in [2.45, 2.75) is 45.2 Å². The first-order valence-corrected chi connectivity index (χ1v) is 13.2. The van der Waals surface area contributed by atoms with E-state index in [1.54, 1.807) is 29.5 Å². The number of halogens is 1. The molecule has 0 bridgehead atoms. The molecule has 0 aliphatic heterocycles. The van der Waals surface area contributed by atoms with E-state index < -0.39 is 5.82 Å². The average Bonchev–Trinajstić information content (AvgIpc) is 3.17. The minimum absolute atomic E-state index is 0.0417. The van der Waals surface area contributed by atoms with Crippen molar-refractivity contribution in [3.8, 4) is 5.69 Å². The van der Waals surface area contributed by atoms with E-state index in [4.69, 9.17) is 4.98 Å². The fourth-order valence-electron chi connectivity index (χ4n) is 4.56. The number of fused-ring (bicyclic) bond motifs is 3. The summed E-state index contributed by atoms with van der Waals surface area (Å²) in [7, 11) is 0. The molecule has 0 spiro atoms. The van der Waals surface area contributed by atoms with Crippen molar-refractivity contribution in [2.75, 3.05) is 5.75 Å². The van der Waals surface area contributed by atoms with Crippen LogP contribution in [0.4, 0.5) is 4.39 Å². The molecule has 5 rings (SSSR count). The second-order valence-corrected chi connectivity index (χ2v) is 11.1. The van der Waals surface area contributed by atoms with E-state index in [9.17, 15) is 14.0 Å². The summed E-state index contributed by atoms with van der Waals surface area (Å²) in [5.74, 6) is 0.142. The highest BCUT2D eigenvalue weighted by Gasteiger charge is 2.26. The van der Waals surface area contributed by atoms with Gasteiger partial charge in [-0.05, 0) is 68.4 Å². The summed E-state index contributed by atoms with van der Waals surface area (Å²) < 4.78 is 16.2. The second kappa shape index (κ2) is 9.12. The van der Waals surface area contributed by atoms with E-state index in [2.05, 4.69) is 6.92 Å². The highest BCUT2D eigenvalue weighted by Crippen LogP contribution is 2.37. The fraction of sp³-hybridized carbons (Fsp3) is 0.296. The Morgan fingerprint density at radius 3 is 2.82 bits per heavy atom. The van der Waals surface area contributed by atoms with Gasteiger partial charge in [0.15, 0.2) is 10.9 Å². The molecule has 2 aromatic heterocycles. The molecule has 1 atom stereocenters. The third-order valence-corrected chi connectivity index (χ3v) is 8.50. The lowest BCUT2D eigenvalue weighted by atomic mass is 9.89. The molecule has 0 saturated carbocycles. The van der Waals surface area contributed by atoms with Gasteiger partial charge in [-0.1, -0.05) is 48.5 Å². The first-order valence-electron chi connectivity index (χ1n) is 11.4. The lowest BCUT2D eigenvalue weighted by Gasteiger charge is -2.18. The number of hydrogen-bond donors (Lipinski definition) is 0. The second-order valence-electron chi connectivity index (χ2n) is 9.05. The standard InChI is InChI=1S/C27H25FN2O2S2/c1-15-8-10-17(3)19(12-15)22(31)14-33-27-29-25-24(18-11-9-16(2)13-23(18)34-25)26(32)30(27)21-7-5-4-6-20(21)28/h4-8,10,12,16H,9,11,13-14H2,1-3H3. The molecule has 4 nitrogen and oxygen atoms in total. The minimum Gasteiger partial charge on any atom is -0.293 e. The Balaban J connectivity index is 1.62. The van der Waals surface area contributed by atoms with Gasteiger partial charge >= 0.3 is 0 Å². The Kier molecular flexibility index (Phi) is 6.16. The van der Waals surface area contributed by atoms with E-state index in [0.29, 0.717) is 26.9 Å². The maximum absolute atomic E-state index is 14.9. The van der Waals surface area contributed by atoms with Gasteiger partial charge < -0.3 is 0 Å². The third-order valence-electron chi connectivity index (χ3n) is 6.42. The average molecular weight is 493 g/mol. The lowest BCUT2D eigenvalue weighted by molar-refractivity contribution is 0.102. The molecule has 0 saturated heterocycles. The maximum atomic E-state index is 14.9. The van der Waals surface area contributed by atoms with Gasteiger partial charge in [-0.25, -0.2) is 9.37 Å². The molecule has 0 amide bonds. The molecule has 1 unspecified atom stereocenters. The van der Waals surface area contributed by atoms with E-state index in [-0.39, 0.29) is 22.8 Å². The van der Waals surface area contributed by atoms with Crippen LogP contribution in [0.1, 0.15) is 45.3 Å². The van der Waals surface area contributed by atoms with Crippen molar-refractivity contribution >= 4 is 39.1 Å². The lowest BCUT2D eigenvalue weighted by Crippen LogP contribution is -2.24. The molecule has 2 heterocycles. The molecule has 1 aliphatic rings. The van der Waals surface area contributed by atoms with Crippen LogP contribution >= 0.6 is 23.1 Å². The van der Waals surface area contributed by atoms with Crippen LogP contribution in [0.3, 0.4) is 0 Å². The zero-order chi connectivity index (χ0) is 24.0. The summed E-state index contributed by atoms with van der Waals surface area (Å²) >= 11 is 2.74. The Morgan fingerprint density at radius 1 is 1.24 bits per heavy atom. The summed E-state index contributed by atoms with van der Waals surface area (Å²) in [4.78, 5) is 33.5. The van der Waals surface area contributed by atoms with Crippen LogP contribution in [0.5, 0.6) is 0 Å². The van der Waals surface area contributed by atoms with Crippen LogP contribution < -0.4 is 5.56 Å². The Labute approximate surface area is 205 Å². The number of nitrogens with zero attached hydrogens (tertiary/aromatic N) is 2. The van der Waals surface area contributed by atoms with Gasteiger partial charge in [-0.15, -0.1) is 11.3 Å². The summed E-state index contributed by atoms with van der Waals surface area (Å²) in [5.41, 5.74) is 3.54. The van der Waals surface area contributed by atoms with Gasteiger partial charge in [0.05, 0.1) is 16.8 Å². The first kappa shape index (κ1) is 23.0. The van der Waals surface area contributed by atoms with Crippen LogP contribution in [0.25, 0.3) is 15.9 Å². The Morgan fingerprint density at radius 2 is 2.03 bits per heavy atom. The van der Waals surface area contributed by atoms with Crippen LogP contribution in [0.15, 0.2) is 52.4 Å². The van der Waals surface area contributed by atoms with Crippen LogP contribution in [0.2, 0.25) is 0 Å². The number of thioether (sulfide) groups is 1. The van der Waals surface area contributed by atoms with Crippen molar-refractivity contribution < 1.29 is 9.18 Å². The predicted octanol–water partition coefficient (Wildman–Crippen LogP) is 6.30. The summed E-state index contributed by atoms with van der Waals surface area (Å²) in [6.45, 7) is 6.08. The quantitative estimate of drug-likeness (QED) is 0.186. The van der Waals surface area contributed by atoms with Crippen LogP contribution in [0, 0.1) is 25.6 Å². The number of hydrogen-bond acceptors (Lipinski definition) is 5. The number of thiophene rings is 1. The third kappa shape index (κ3) is 4.12. The van der Waals surface area contributed by atoms with E-state index >= 15 is 0 Å². The first-order chi connectivity index (χ1) is 16.3. The maximum Gasteiger partial charge on any atom is 0.267 e. The normalized spacial score (nSPS) is 15.5. The number of aryl methyl sites for hydroxylation is 3. The summed E-state index contributed by atoms with van der Waals surface area (Å²) in [6, 6.07) is 12.0. The fourth-order valence-corrected chi connectivity index (χ4v) is 6.87. The summed E-state index contributed by atoms with van der Waals surface area (Å²) in [6.07, 6.45) is 2.80. The van der Waals surface area contributed by atoms with Gasteiger partial charge in [0.2, 0.25) is 0 Å². The van der Waals surface area contributed by atoms with E-state index in [1.807, 2.05) is 32.0 Å². The smallest absolute Gasteiger partial charge is 0.267 e. The number of aromatic nitrogens is 2. The van der Waals surface area contributed by atoms with Crippen molar-refractivity contribution in [3.05, 3.63) is 85.8 Å². The topological polar surface area (TPSA) is 52.0 Å². The number of benzene rings is 2. The van der Waals surface area contributed by atoms with Gasteiger partial charge in [0, 0.05) is 10.4 Å².